The van der Waals surface area contributed by atoms with E-state index < -0.39 is 5.97 Å². The molecule has 0 radical (unpaired) electrons. The molecule has 1 N–H and O–H groups in total. The van der Waals surface area contributed by atoms with Crippen LogP contribution in [0.25, 0.3) is 0 Å². The maximum absolute atomic E-state index is 13.3. The Hall–Kier alpha value is -3.50. The quantitative estimate of drug-likeness (QED) is 0.372. The van der Waals surface area contributed by atoms with Crippen LogP contribution in [0.15, 0.2) is 36.4 Å². The number of carbonyl (C=O) groups is 2. The zero-order chi connectivity index (χ0) is 26.9. The summed E-state index contributed by atoms with van der Waals surface area (Å²) in [4.78, 5) is 29.8. The van der Waals surface area contributed by atoms with Crippen molar-refractivity contribution < 1.29 is 24.2 Å². The van der Waals surface area contributed by atoms with Gasteiger partial charge in [0.1, 0.15) is 11.9 Å². The summed E-state index contributed by atoms with van der Waals surface area (Å²) in [6.07, 6.45) is 5.78. The highest BCUT2D eigenvalue weighted by Crippen LogP contribution is 2.65. The minimum Gasteiger partial charge on any atom is -0.504 e. The van der Waals surface area contributed by atoms with Gasteiger partial charge in [-0.15, -0.1) is 0 Å². The van der Waals surface area contributed by atoms with E-state index in [1.165, 1.54) is 19.8 Å². The number of likely N-dealkylation sites (tertiary alicyclic amines) is 1. The first kappa shape index (κ1) is 24.5. The van der Waals surface area contributed by atoms with Crippen molar-refractivity contribution in [1.82, 2.24) is 9.80 Å². The number of hydrogen-bond donors (Lipinski definition) is 1. The lowest BCUT2D eigenvalue weighted by Gasteiger charge is -2.60. The number of esters is 1. The SMILES string of the molecule is CC(=O)Oc1cc(O)c2c3c1C[C@@H]1[C@@H]4CC[C@@H](N(C)C(=O)C#Cc5ccccc5)[C@H](O2)[C@]34CCN1CC1CC1. The van der Waals surface area contributed by atoms with Gasteiger partial charge in [-0.3, -0.25) is 14.5 Å². The fourth-order valence-corrected chi connectivity index (χ4v) is 8.04. The Kier molecular flexibility index (Phi) is 5.68. The van der Waals surface area contributed by atoms with E-state index in [-0.39, 0.29) is 29.2 Å². The molecule has 2 aliphatic heterocycles. The molecule has 2 saturated carbocycles. The predicted octanol–water partition coefficient (Wildman–Crippen LogP) is 3.65. The Morgan fingerprint density at radius 3 is 2.74 bits per heavy atom. The third kappa shape index (κ3) is 3.83. The van der Waals surface area contributed by atoms with E-state index in [4.69, 9.17) is 9.47 Å². The number of benzene rings is 2. The van der Waals surface area contributed by atoms with Gasteiger partial charge in [-0.2, -0.15) is 0 Å². The highest BCUT2D eigenvalue weighted by molar-refractivity contribution is 5.94. The summed E-state index contributed by atoms with van der Waals surface area (Å²) in [5, 5.41) is 11.1. The summed E-state index contributed by atoms with van der Waals surface area (Å²) in [5.41, 5.74) is 2.46. The molecule has 7 nitrogen and oxygen atoms in total. The van der Waals surface area contributed by atoms with Crippen molar-refractivity contribution in [3.8, 4) is 29.1 Å². The van der Waals surface area contributed by atoms with Gasteiger partial charge in [0, 0.05) is 60.7 Å². The molecule has 3 fully saturated rings. The second-order valence-electron chi connectivity index (χ2n) is 12.0. The molecule has 7 heteroatoms. The molecule has 0 unspecified atom stereocenters. The fraction of sp³-hybridized carbons (Fsp3) is 0.500. The number of ether oxygens (including phenoxy) is 2. The van der Waals surface area contributed by atoms with E-state index in [2.05, 4.69) is 16.7 Å². The van der Waals surface area contributed by atoms with Gasteiger partial charge in [0.2, 0.25) is 0 Å². The molecule has 7 rings (SSSR count). The maximum atomic E-state index is 13.3. The summed E-state index contributed by atoms with van der Waals surface area (Å²) in [7, 11) is 1.82. The van der Waals surface area contributed by atoms with Gasteiger partial charge >= 0.3 is 5.97 Å². The van der Waals surface area contributed by atoms with Gasteiger partial charge in [-0.1, -0.05) is 24.1 Å². The maximum Gasteiger partial charge on any atom is 0.308 e. The van der Waals surface area contributed by atoms with Gasteiger partial charge < -0.3 is 19.5 Å². The molecule has 2 aromatic carbocycles. The first-order valence-corrected chi connectivity index (χ1v) is 14.2. The lowest BCUT2D eigenvalue weighted by molar-refractivity contribution is -0.135. The van der Waals surface area contributed by atoms with Gasteiger partial charge in [0.25, 0.3) is 5.91 Å². The van der Waals surface area contributed by atoms with Crippen LogP contribution in [-0.2, 0) is 21.4 Å². The summed E-state index contributed by atoms with van der Waals surface area (Å²) in [6.45, 7) is 3.48. The number of hydrogen-bond acceptors (Lipinski definition) is 6. The summed E-state index contributed by atoms with van der Waals surface area (Å²) in [6, 6.07) is 11.2. The van der Waals surface area contributed by atoms with Gasteiger partial charge in [0.15, 0.2) is 11.5 Å². The van der Waals surface area contributed by atoms with Crippen LogP contribution >= 0.6 is 0 Å². The molecule has 5 aliphatic rings. The van der Waals surface area contributed by atoms with Gasteiger partial charge in [0.05, 0.1) is 6.04 Å². The zero-order valence-electron chi connectivity index (χ0n) is 22.5. The number of piperidine rings is 1. The number of likely N-dealkylation sites (N-methyl/N-ethyl adjacent to an activating group) is 1. The molecular formula is C32H34N2O5. The third-order valence-corrected chi connectivity index (χ3v) is 9.84. The molecule has 2 bridgehead atoms. The van der Waals surface area contributed by atoms with Crippen LogP contribution in [0.2, 0.25) is 0 Å². The highest BCUT2D eigenvalue weighted by Gasteiger charge is 2.67. The third-order valence-electron chi connectivity index (χ3n) is 9.84. The second kappa shape index (κ2) is 9.02. The van der Waals surface area contributed by atoms with Crippen LogP contribution in [0.3, 0.4) is 0 Å². The predicted molar refractivity (Wildman–Crippen MR) is 145 cm³/mol. The zero-order valence-corrected chi connectivity index (χ0v) is 22.5. The standard InChI is InChI=1S/C32H34N2O5/c1-19(35)38-27-17-26(36)30-29-22(27)16-25-23-11-12-24(33(2)28(37)13-10-20-6-4-3-5-7-20)31(39-30)32(23,29)14-15-34(25)18-21-8-9-21/h3-7,17,21,23-25,31,36H,8-9,11-12,14-16,18H2,1-2H3/t23-,24+,25+,31-,32-/m0/s1. The number of phenols is 1. The van der Waals surface area contributed by atoms with Crippen LogP contribution in [0.1, 0.15) is 55.7 Å². The van der Waals surface area contributed by atoms with Crippen molar-refractivity contribution in [2.24, 2.45) is 11.8 Å². The number of amides is 1. The van der Waals surface area contributed by atoms with Crippen molar-refractivity contribution in [2.45, 2.75) is 69.1 Å². The first-order chi connectivity index (χ1) is 18.9. The Bertz CT molecular complexity index is 1410. The van der Waals surface area contributed by atoms with Gasteiger partial charge in [-0.05, 0) is 69.0 Å². The van der Waals surface area contributed by atoms with Crippen LogP contribution in [0, 0.1) is 23.7 Å². The number of rotatable bonds is 4. The van der Waals surface area contributed by atoms with Crippen molar-refractivity contribution in [3.63, 3.8) is 0 Å². The Morgan fingerprint density at radius 1 is 1.21 bits per heavy atom. The lowest BCUT2D eigenvalue weighted by Crippen LogP contribution is -2.69. The van der Waals surface area contributed by atoms with E-state index in [1.807, 2.05) is 37.4 Å². The first-order valence-electron chi connectivity index (χ1n) is 14.2. The number of nitrogens with zero attached hydrogens (tertiary/aromatic N) is 2. The fourth-order valence-electron chi connectivity index (χ4n) is 8.04. The minimum atomic E-state index is -0.399. The topological polar surface area (TPSA) is 79.3 Å². The average Bonchev–Trinajstić information content (AvgIpc) is 3.68. The lowest BCUT2D eigenvalue weighted by atomic mass is 9.50. The monoisotopic (exact) mass is 526 g/mol. The molecule has 2 heterocycles. The molecule has 1 spiro atoms. The van der Waals surface area contributed by atoms with Crippen molar-refractivity contribution in [2.75, 3.05) is 20.1 Å². The molecule has 0 aromatic heterocycles. The normalized spacial score (nSPS) is 29.9. The number of aromatic hydroxyl groups is 1. The molecule has 1 amide bonds. The number of phenolic OH excluding ortho intramolecular Hbond substituents is 1. The molecule has 1 saturated heterocycles. The van der Waals surface area contributed by atoms with Crippen molar-refractivity contribution in [1.29, 1.82) is 0 Å². The van der Waals surface area contributed by atoms with Crippen LogP contribution < -0.4 is 9.47 Å². The average molecular weight is 527 g/mol. The second-order valence-corrected chi connectivity index (χ2v) is 12.0. The molecule has 202 valence electrons. The smallest absolute Gasteiger partial charge is 0.308 e. The van der Waals surface area contributed by atoms with Crippen molar-refractivity contribution in [3.05, 3.63) is 53.1 Å². The molecule has 5 atom stereocenters. The van der Waals surface area contributed by atoms with Crippen LogP contribution in [0.5, 0.6) is 17.2 Å². The Labute approximate surface area is 229 Å². The largest absolute Gasteiger partial charge is 0.504 e. The summed E-state index contributed by atoms with van der Waals surface area (Å²) < 4.78 is 12.4. The van der Waals surface area contributed by atoms with Crippen molar-refractivity contribution >= 4 is 11.9 Å². The van der Waals surface area contributed by atoms with Crippen LogP contribution in [-0.4, -0.2) is 65.1 Å². The highest BCUT2D eigenvalue weighted by atomic mass is 16.5. The Balaban J connectivity index is 1.28. The molecule has 3 aliphatic carbocycles. The minimum absolute atomic E-state index is 0.00276. The van der Waals surface area contributed by atoms with E-state index in [1.54, 1.807) is 11.0 Å². The Morgan fingerprint density at radius 2 is 2.00 bits per heavy atom. The van der Waals surface area contributed by atoms with E-state index in [0.717, 1.165) is 61.4 Å². The van der Waals surface area contributed by atoms with E-state index >= 15 is 0 Å². The van der Waals surface area contributed by atoms with E-state index in [0.29, 0.717) is 23.5 Å². The molecule has 2 aromatic rings. The molecule has 39 heavy (non-hydrogen) atoms. The van der Waals surface area contributed by atoms with Gasteiger partial charge in [-0.25, -0.2) is 0 Å². The summed E-state index contributed by atoms with van der Waals surface area (Å²) >= 11 is 0. The number of carbonyl (C=O) groups excluding carboxylic acids is 2. The molecular weight excluding hydrogens is 492 g/mol. The summed E-state index contributed by atoms with van der Waals surface area (Å²) in [5.74, 6) is 7.28. The van der Waals surface area contributed by atoms with Crippen LogP contribution in [0.4, 0.5) is 0 Å². The van der Waals surface area contributed by atoms with E-state index in [9.17, 15) is 14.7 Å².